The largest absolute Gasteiger partial charge is 0.377 e. The minimum absolute atomic E-state index is 0.583. The molecule has 2 atom stereocenters. The first-order valence-electron chi connectivity index (χ1n) is 4.95. The molecule has 0 N–H and O–H groups in total. The van der Waals surface area contributed by atoms with Crippen molar-refractivity contribution >= 4 is 0 Å². The molecule has 1 heterocycles. The lowest BCUT2D eigenvalue weighted by atomic mass is 9.74. The van der Waals surface area contributed by atoms with E-state index in [-0.39, 0.29) is 0 Å². The highest BCUT2D eigenvalue weighted by atomic mass is 16.5. The van der Waals surface area contributed by atoms with E-state index >= 15 is 0 Å². The lowest BCUT2D eigenvalue weighted by molar-refractivity contribution is 0.0452. The molecule has 2 fully saturated rings. The molecule has 0 radical (unpaired) electrons. The molecule has 2 rings (SSSR count). The fraction of sp³-hybridized carbons (Fsp3) is 1.00. The highest BCUT2D eigenvalue weighted by Gasteiger charge is 2.52. The number of rotatable bonds is 2. The molecule has 2 aliphatic rings. The second-order valence-corrected chi connectivity index (χ2v) is 4.04. The lowest BCUT2D eigenvalue weighted by Gasteiger charge is -2.29. The Balaban J connectivity index is 2.22. The summed E-state index contributed by atoms with van der Waals surface area (Å²) in [5.41, 5.74) is 0.583. The Labute approximate surface area is 69.1 Å². The molecular weight excluding hydrogens is 136 g/mol. The van der Waals surface area contributed by atoms with Gasteiger partial charge in [0.25, 0.3) is 0 Å². The Kier molecular flexibility index (Phi) is 1.71. The summed E-state index contributed by atoms with van der Waals surface area (Å²) in [7, 11) is 0. The van der Waals surface area contributed by atoms with Crippen LogP contribution in [-0.4, -0.2) is 12.7 Å². The van der Waals surface area contributed by atoms with Crippen LogP contribution in [0.5, 0.6) is 0 Å². The van der Waals surface area contributed by atoms with Gasteiger partial charge in [0.15, 0.2) is 0 Å². The van der Waals surface area contributed by atoms with Gasteiger partial charge in [-0.05, 0) is 31.6 Å². The van der Waals surface area contributed by atoms with E-state index in [0.29, 0.717) is 11.5 Å². The Bertz CT molecular complexity index is 127. The first-order valence-corrected chi connectivity index (χ1v) is 4.95. The first-order chi connectivity index (χ1) is 5.33. The van der Waals surface area contributed by atoms with Gasteiger partial charge >= 0.3 is 0 Å². The van der Waals surface area contributed by atoms with Crippen molar-refractivity contribution in [2.45, 2.75) is 45.6 Å². The minimum Gasteiger partial charge on any atom is -0.377 e. The van der Waals surface area contributed by atoms with Gasteiger partial charge in [-0.15, -0.1) is 0 Å². The zero-order valence-electron chi connectivity index (χ0n) is 7.60. The van der Waals surface area contributed by atoms with Crippen LogP contribution in [0.3, 0.4) is 0 Å². The number of ether oxygens (including phenoxy) is 1. The van der Waals surface area contributed by atoms with E-state index in [2.05, 4.69) is 13.8 Å². The Morgan fingerprint density at radius 2 is 2.00 bits per heavy atom. The quantitative estimate of drug-likeness (QED) is 0.594. The van der Waals surface area contributed by atoms with Gasteiger partial charge in [0.1, 0.15) is 0 Å². The summed E-state index contributed by atoms with van der Waals surface area (Å²) in [6.07, 6.45) is 6.00. The van der Waals surface area contributed by atoms with E-state index in [1.807, 2.05) is 0 Å². The maximum absolute atomic E-state index is 5.75. The summed E-state index contributed by atoms with van der Waals surface area (Å²) in [4.78, 5) is 0. The summed E-state index contributed by atoms with van der Waals surface area (Å²) in [5.74, 6) is 0.891. The summed E-state index contributed by atoms with van der Waals surface area (Å²) in [5, 5.41) is 0. The molecule has 1 saturated carbocycles. The third-order valence-corrected chi connectivity index (χ3v) is 4.05. The van der Waals surface area contributed by atoms with E-state index in [0.717, 1.165) is 12.5 Å². The van der Waals surface area contributed by atoms with Crippen molar-refractivity contribution in [3.63, 3.8) is 0 Å². The normalized spacial score (nSPS) is 39.8. The van der Waals surface area contributed by atoms with Crippen molar-refractivity contribution in [3.05, 3.63) is 0 Å². The molecule has 0 spiro atoms. The van der Waals surface area contributed by atoms with Crippen LogP contribution in [0.4, 0.5) is 0 Å². The van der Waals surface area contributed by atoms with Crippen molar-refractivity contribution in [3.8, 4) is 0 Å². The molecule has 0 aromatic heterocycles. The second kappa shape index (κ2) is 2.48. The van der Waals surface area contributed by atoms with E-state index in [1.165, 1.54) is 25.7 Å². The van der Waals surface area contributed by atoms with Crippen molar-refractivity contribution in [1.29, 1.82) is 0 Å². The van der Waals surface area contributed by atoms with E-state index in [9.17, 15) is 0 Å². The molecule has 0 amide bonds. The Morgan fingerprint density at radius 3 is 2.18 bits per heavy atom. The average Bonchev–Trinajstić information content (AvgIpc) is 2.59. The summed E-state index contributed by atoms with van der Waals surface area (Å²) in [6.45, 7) is 5.69. The van der Waals surface area contributed by atoms with Gasteiger partial charge in [-0.1, -0.05) is 13.8 Å². The van der Waals surface area contributed by atoms with E-state index in [1.54, 1.807) is 0 Å². The fourth-order valence-electron chi connectivity index (χ4n) is 3.20. The topological polar surface area (TPSA) is 9.23 Å². The molecule has 1 aliphatic carbocycles. The molecule has 2 unspecified atom stereocenters. The van der Waals surface area contributed by atoms with Gasteiger partial charge in [-0.25, -0.2) is 0 Å². The van der Waals surface area contributed by atoms with Crippen molar-refractivity contribution < 1.29 is 4.74 Å². The van der Waals surface area contributed by atoms with E-state index < -0.39 is 0 Å². The highest BCUT2D eigenvalue weighted by Crippen LogP contribution is 2.54. The van der Waals surface area contributed by atoms with Gasteiger partial charge in [-0.3, -0.25) is 0 Å². The van der Waals surface area contributed by atoms with Gasteiger partial charge in [0.05, 0.1) is 12.7 Å². The second-order valence-electron chi connectivity index (χ2n) is 4.04. The zero-order chi connectivity index (χ0) is 7.90. The van der Waals surface area contributed by atoms with Crippen LogP contribution in [0, 0.1) is 11.3 Å². The van der Waals surface area contributed by atoms with Crippen LogP contribution < -0.4 is 0 Å². The zero-order valence-corrected chi connectivity index (χ0v) is 7.60. The predicted molar refractivity (Wildman–Crippen MR) is 45.5 cm³/mol. The average molecular weight is 154 g/mol. The van der Waals surface area contributed by atoms with Crippen LogP contribution in [0.15, 0.2) is 0 Å². The minimum atomic E-state index is 0.583. The smallest absolute Gasteiger partial charge is 0.0634 e. The molecule has 0 aromatic carbocycles. The van der Waals surface area contributed by atoms with Crippen molar-refractivity contribution in [2.75, 3.05) is 6.61 Å². The Morgan fingerprint density at radius 1 is 1.27 bits per heavy atom. The summed E-state index contributed by atoms with van der Waals surface area (Å²) < 4.78 is 5.75. The van der Waals surface area contributed by atoms with Gasteiger partial charge in [0, 0.05) is 5.41 Å². The van der Waals surface area contributed by atoms with Crippen molar-refractivity contribution in [1.82, 2.24) is 0 Å². The van der Waals surface area contributed by atoms with Crippen LogP contribution in [0.2, 0.25) is 0 Å². The first kappa shape index (κ1) is 7.60. The molecule has 0 aromatic rings. The monoisotopic (exact) mass is 154 g/mol. The number of hydrogen-bond donors (Lipinski definition) is 0. The highest BCUT2D eigenvalue weighted by molar-refractivity contribution is 5.01. The molecule has 2 bridgehead atoms. The van der Waals surface area contributed by atoms with Crippen LogP contribution >= 0.6 is 0 Å². The predicted octanol–water partition coefficient (Wildman–Crippen LogP) is 2.60. The van der Waals surface area contributed by atoms with Crippen LogP contribution in [0.1, 0.15) is 39.5 Å². The van der Waals surface area contributed by atoms with E-state index in [4.69, 9.17) is 4.74 Å². The molecule has 1 nitrogen and oxygen atoms in total. The maximum atomic E-state index is 5.75. The van der Waals surface area contributed by atoms with Crippen molar-refractivity contribution in [2.24, 2.45) is 11.3 Å². The van der Waals surface area contributed by atoms with Gasteiger partial charge < -0.3 is 4.74 Å². The van der Waals surface area contributed by atoms with Gasteiger partial charge in [0.2, 0.25) is 0 Å². The third-order valence-electron chi connectivity index (χ3n) is 4.05. The van der Waals surface area contributed by atoms with Crippen LogP contribution in [0.25, 0.3) is 0 Å². The lowest BCUT2D eigenvalue weighted by Crippen LogP contribution is -2.28. The molecular formula is C10H18O. The molecule has 1 saturated heterocycles. The third kappa shape index (κ3) is 0.807. The Hall–Kier alpha value is -0.0400. The maximum Gasteiger partial charge on any atom is 0.0634 e. The van der Waals surface area contributed by atoms with Crippen LogP contribution in [-0.2, 0) is 4.74 Å². The van der Waals surface area contributed by atoms with Gasteiger partial charge in [-0.2, -0.15) is 0 Å². The SMILES string of the molecule is CCC1(CC)C2CCC1OC2. The summed E-state index contributed by atoms with van der Waals surface area (Å²) >= 11 is 0. The fourth-order valence-corrected chi connectivity index (χ4v) is 3.20. The molecule has 64 valence electrons. The molecule has 11 heavy (non-hydrogen) atoms. The molecule has 1 aliphatic heterocycles. The summed E-state index contributed by atoms with van der Waals surface area (Å²) in [6, 6.07) is 0. The number of fused-ring (bicyclic) bond motifs is 2. The molecule has 1 heteroatoms. The standard InChI is InChI=1S/C10H18O/c1-3-10(4-2)8-5-6-9(10)11-7-8/h8-9H,3-7H2,1-2H3. The number of hydrogen-bond acceptors (Lipinski definition) is 1.